The van der Waals surface area contributed by atoms with Crippen LogP contribution in [0.25, 0.3) is 22.5 Å². The number of rotatable bonds is 5. The minimum Gasteiger partial charge on any atom is -0.511 e. The quantitative estimate of drug-likeness (QED) is 0.598. The van der Waals surface area contributed by atoms with Crippen LogP contribution in [0.2, 0.25) is 0 Å². The lowest BCUT2D eigenvalue weighted by molar-refractivity contribution is 0.376. The van der Waals surface area contributed by atoms with Crippen molar-refractivity contribution in [1.82, 2.24) is 9.55 Å². The lowest BCUT2D eigenvalue weighted by Gasteiger charge is -2.14. The maximum Gasteiger partial charge on any atom is 0.123 e. The van der Waals surface area contributed by atoms with Gasteiger partial charge in [0, 0.05) is 17.0 Å². The minimum absolute atomic E-state index is 0.00156. The Hall–Kier alpha value is -2.95. The van der Waals surface area contributed by atoms with Gasteiger partial charge in [-0.3, -0.25) is 0 Å². The van der Waals surface area contributed by atoms with Crippen LogP contribution in [0.3, 0.4) is 0 Å². The van der Waals surface area contributed by atoms with Gasteiger partial charge in [-0.1, -0.05) is 20.4 Å². The smallest absolute Gasteiger partial charge is 0.123 e. The summed E-state index contributed by atoms with van der Waals surface area (Å²) in [6.07, 6.45) is 0. The first-order valence-electron chi connectivity index (χ1n) is 8.36. The zero-order chi connectivity index (χ0) is 18.8. The molecule has 0 saturated heterocycles. The number of aliphatic hydroxyl groups excluding tert-OH is 1. The molecule has 0 bridgehead atoms. The SMILES string of the molecule is C=C(O)Cn1c(C(C)C)nc(-c2ccc(F)cc2)c1-c1ccc(F)cc1. The van der Waals surface area contributed by atoms with Crippen LogP contribution < -0.4 is 0 Å². The predicted molar refractivity (Wildman–Crippen MR) is 98.9 cm³/mol. The van der Waals surface area contributed by atoms with Crippen LogP contribution in [0.15, 0.2) is 60.9 Å². The molecular formula is C21H20F2N2O. The number of aliphatic hydroxyl groups is 1. The Kier molecular flexibility index (Phi) is 4.89. The van der Waals surface area contributed by atoms with Gasteiger partial charge in [0.05, 0.1) is 17.9 Å². The minimum atomic E-state index is -0.334. The summed E-state index contributed by atoms with van der Waals surface area (Å²) in [5.74, 6) is 0.183. The average molecular weight is 354 g/mol. The van der Waals surface area contributed by atoms with Crippen molar-refractivity contribution in [3.05, 3.63) is 78.3 Å². The van der Waals surface area contributed by atoms with Gasteiger partial charge in [-0.2, -0.15) is 0 Å². The van der Waals surface area contributed by atoms with E-state index in [2.05, 4.69) is 6.58 Å². The Morgan fingerprint density at radius 1 is 1.00 bits per heavy atom. The molecule has 0 saturated carbocycles. The van der Waals surface area contributed by atoms with E-state index in [9.17, 15) is 13.9 Å². The fraction of sp³-hybridized carbons (Fsp3) is 0.190. The van der Waals surface area contributed by atoms with Gasteiger partial charge in [0.15, 0.2) is 0 Å². The summed E-state index contributed by atoms with van der Waals surface area (Å²) in [7, 11) is 0. The van der Waals surface area contributed by atoms with E-state index in [0.29, 0.717) is 5.69 Å². The molecule has 134 valence electrons. The summed E-state index contributed by atoms with van der Waals surface area (Å²) in [6.45, 7) is 7.77. The molecule has 5 heteroatoms. The molecule has 3 nitrogen and oxygen atoms in total. The maximum atomic E-state index is 13.4. The van der Waals surface area contributed by atoms with Gasteiger partial charge in [-0.25, -0.2) is 13.8 Å². The van der Waals surface area contributed by atoms with Crippen LogP contribution in [0, 0.1) is 11.6 Å². The zero-order valence-electron chi connectivity index (χ0n) is 14.7. The average Bonchev–Trinajstić information content (AvgIpc) is 2.95. The summed E-state index contributed by atoms with van der Waals surface area (Å²) in [6, 6.07) is 12.2. The Labute approximate surface area is 151 Å². The van der Waals surface area contributed by atoms with Crippen molar-refractivity contribution < 1.29 is 13.9 Å². The molecule has 0 aliphatic heterocycles. The fourth-order valence-electron chi connectivity index (χ4n) is 2.96. The van der Waals surface area contributed by atoms with Crippen LogP contribution in [0.4, 0.5) is 8.78 Å². The number of hydrogen-bond donors (Lipinski definition) is 1. The third-order valence-electron chi connectivity index (χ3n) is 4.09. The van der Waals surface area contributed by atoms with E-state index in [-0.39, 0.29) is 29.9 Å². The summed E-state index contributed by atoms with van der Waals surface area (Å²) >= 11 is 0. The van der Waals surface area contributed by atoms with Gasteiger partial charge in [0.2, 0.25) is 0 Å². The van der Waals surface area contributed by atoms with Gasteiger partial charge in [0.25, 0.3) is 0 Å². The summed E-state index contributed by atoms with van der Waals surface area (Å²) in [4.78, 5) is 4.76. The molecular weight excluding hydrogens is 334 g/mol. The fourth-order valence-corrected chi connectivity index (χ4v) is 2.96. The van der Waals surface area contributed by atoms with Crippen LogP contribution in [-0.4, -0.2) is 14.7 Å². The van der Waals surface area contributed by atoms with Crippen LogP contribution >= 0.6 is 0 Å². The molecule has 1 heterocycles. The molecule has 0 amide bonds. The molecule has 1 aromatic heterocycles. The number of benzene rings is 2. The highest BCUT2D eigenvalue weighted by atomic mass is 19.1. The maximum absolute atomic E-state index is 13.4. The van der Waals surface area contributed by atoms with E-state index in [4.69, 9.17) is 4.98 Å². The molecule has 0 aliphatic rings. The van der Waals surface area contributed by atoms with Crippen molar-refractivity contribution in [3.8, 4) is 22.5 Å². The number of aromatic nitrogens is 2. The van der Waals surface area contributed by atoms with Gasteiger partial charge in [0.1, 0.15) is 23.2 Å². The first-order valence-corrected chi connectivity index (χ1v) is 8.36. The zero-order valence-corrected chi connectivity index (χ0v) is 14.7. The van der Waals surface area contributed by atoms with Gasteiger partial charge < -0.3 is 9.67 Å². The molecule has 0 radical (unpaired) electrons. The molecule has 3 aromatic rings. The Bertz CT molecular complexity index is 926. The third kappa shape index (κ3) is 3.52. The Morgan fingerprint density at radius 3 is 1.96 bits per heavy atom. The Balaban J connectivity index is 2.29. The normalized spacial score (nSPS) is 11.1. The predicted octanol–water partition coefficient (Wildman–Crippen LogP) is 5.69. The molecule has 0 fully saturated rings. The molecule has 0 atom stereocenters. The largest absolute Gasteiger partial charge is 0.511 e. The van der Waals surface area contributed by atoms with Crippen LogP contribution in [-0.2, 0) is 6.54 Å². The highest BCUT2D eigenvalue weighted by molar-refractivity contribution is 5.79. The van der Waals surface area contributed by atoms with Crippen molar-refractivity contribution >= 4 is 0 Å². The number of nitrogens with zero attached hydrogens (tertiary/aromatic N) is 2. The standard InChI is InChI=1S/C21H20F2N2O/c1-13(2)21-24-19(15-4-8-17(22)9-5-15)20(25(21)12-14(3)26)16-6-10-18(23)11-7-16/h4-11,13,26H,3,12H2,1-2H3. The number of halogens is 2. The van der Waals surface area contributed by atoms with Gasteiger partial charge in [-0.15, -0.1) is 0 Å². The van der Waals surface area contributed by atoms with Crippen molar-refractivity contribution in [3.63, 3.8) is 0 Å². The highest BCUT2D eigenvalue weighted by Crippen LogP contribution is 2.35. The van der Waals surface area contributed by atoms with E-state index in [1.165, 1.54) is 24.3 Å². The van der Waals surface area contributed by atoms with Crippen LogP contribution in [0.1, 0.15) is 25.6 Å². The van der Waals surface area contributed by atoms with Gasteiger partial charge >= 0.3 is 0 Å². The second-order valence-corrected chi connectivity index (χ2v) is 6.49. The lowest BCUT2D eigenvalue weighted by Crippen LogP contribution is -2.08. The van der Waals surface area contributed by atoms with Crippen molar-refractivity contribution in [2.45, 2.75) is 26.3 Å². The first-order chi connectivity index (χ1) is 12.4. The molecule has 2 aromatic carbocycles. The summed E-state index contributed by atoms with van der Waals surface area (Å²) < 4.78 is 28.6. The molecule has 3 rings (SSSR count). The third-order valence-corrected chi connectivity index (χ3v) is 4.09. The van der Waals surface area contributed by atoms with E-state index >= 15 is 0 Å². The van der Waals surface area contributed by atoms with E-state index in [0.717, 1.165) is 22.6 Å². The second kappa shape index (κ2) is 7.12. The van der Waals surface area contributed by atoms with E-state index < -0.39 is 0 Å². The summed E-state index contributed by atoms with van der Waals surface area (Å²) in [5, 5.41) is 9.79. The van der Waals surface area contributed by atoms with Gasteiger partial charge in [-0.05, 0) is 48.5 Å². The molecule has 0 unspecified atom stereocenters. The van der Waals surface area contributed by atoms with E-state index in [1.807, 2.05) is 18.4 Å². The molecule has 1 N–H and O–H groups in total. The first kappa shape index (κ1) is 17.9. The van der Waals surface area contributed by atoms with Crippen molar-refractivity contribution in [1.29, 1.82) is 0 Å². The molecule has 0 aliphatic carbocycles. The molecule has 26 heavy (non-hydrogen) atoms. The number of allylic oxidation sites excluding steroid dienone is 1. The molecule has 0 spiro atoms. The number of imidazole rings is 1. The van der Waals surface area contributed by atoms with Crippen molar-refractivity contribution in [2.75, 3.05) is 0 Å². The van der Waals surface area contributed by atoms with Crippen LogP contribution in [0.5, 0.6) is 0 Å². The topological polar surface area (TPSA) is 38.0 Å². The monoisotopic (exact) mass is 354 g/mol. The van der Waals surface area contributed by atoms with Crippen molar-refractivity contribution in [2.24, 2.45) is 0 Å². The number of hydrogen-bond acceptors (Lipinski definition) is 2. The van der Waals surface area contributed by atoms with E-state index in [1.54, 1.807) is 24.3 Å². The second-order valence-electron chi connectivity index (χ2n) is 6.49. The Morgan fingerprint density at radius 2 is 1.50 bits per heavy atom. The summed E-state index contributed by atoms with van der Waals surface area (Å²) in [5.41, 5.74) is 2.89. The lowest BCUT2D eigenvalue weighted by atomic mass is 10.0. The highest BCUT2D eigenvalue weighted by Gasteiger charge is 2.22.